The Kier molecular flexibility index (Phi) is 3.94. The number of hydrogen-bond acceptors (Lipinski definition) is 2. The molecule has 1 aromatic carbocycles. The van der Waals surface area contributed by atoms with E-state index in [1.165, 1.54) is 5.56 Å². The quantitative estimate of drug-likeness (QED) is 0.751. The van der Waals surface area contributed by atoms with Crippen molar-refractivity contribution in [2.24, 2.45) is 5.92 Å². The summed E-state index contributed by atoms with van der Waals surface area (Å²) < 4.78 is 1.04. The molecule has 0 aliphatic heterocycles. The van der Waals surface area contributed by atoms with Crippen LogP contribution in [0.5, 0.6) is 0 Å². The zero-order valence-corrected chi connectivity index (χ0v) is 13.7. The highest BCUT2D eigenvalue weighted by Crippen LogP contribution is 2.31. The van der Waals surface area contributed by atoms with Gasteiger partial charge in [0.25, 0.3) is 0 Å². The van der Waals surface area contributed by atoms with Gasteiger partial charge < -0.3 is 0 Å². The summed E-state index contributed by atoms with van der Waals surface area (Å²) in [5.74, 6) is 0.619. The number of aromatic nitrogens is 1. The number of halogens is 1. The van der Waals surface area contributed by atoms with Crippen molar-refractivity contribution in [3.63, 3.8) is 0 Å². The van der Waals surface area contributed by atoms with Crippen LogP contribution in [0.1, 0.15) is 30.5 Å². The van der Waals surface area contributed by atoms with Crippen molar-refractivity contribution in [1.29, 1.82) is 0 Å². The molecule has 1 fully saturated rings. The standard InChI is InChI=1S/C18H18BrNO/c1-11-14(7-8-18(11)21)5-3-13-4-6-15-10-16(19)12(2)20-17(15)9-13/h4,6,9-10,14H,1,3,5,7-8H2,2H3. The Hall–Kier alpha value is -1.48. The Labute approximate surface area is 133 Å². The molecule has 0 amide bonds. The minimum absolute atomic E-state index is 0.251. The second-order valence-electron chi connectivity index (χ2n) is 5.81. The molecule has 1 aliphatic carbocycles. The van der Waals surface area contributed by atoms with E-state index >= 15 is 0 Å². The van der Waals surface area contributed by atoms with Gasteiger partial charge in [0.1, 0.15) is 0 Å². The van der Waals surface area contributed by atoms with Crippen LogP contribution in [-0.4, -0.2) is 10.8 Å². The van der Waals surface area contributed by atoms with Crippen LogP contribution in [0.2, 0.25) is 0 Å². The number of rotatable bonds is 3. The van der Waals surface area contributed by atoms with E-state index in [4.69, 9.17) is 0 Å². The van der Waals surface area contributed by atoms with Crippen molar-refractivity contribution >= 4 is 32.6 Å². The van der Waals surface area contributed by atoms with Gasteiger partial charge in [0.2, 0.25) is 0 Å². The van der Waals surface area contributed by atoms with E-state index in [2.05, 4.69) is 51.8 Å². The van der Waals surface area contributed by atoms with Crippen LogP contribution in [0.4, 0.5) is 0 Å². The first kappa shape index (κ1) is 14.5. The first-order chi connectivity index (χ1) is 10.0. The third-order valence-corrected chi connectivity index (χ3v) is 5.17. The molecule has 1 saturated carbocycles. The summed E-state index contributed by atoms with van der Waals surface area (Å²) >= 11 is 3.52. The lowest BCUT2D eigenvalue weighted by atomic mass is 9.95. The number of carbonyl (C=O) groups is 1. The second-order valence-corrected chi connectivity index (χ2v) is 6.66. The summed E-state index contributed by atoms with van der Waals surface area (Å²) in [4.78, 5) is 16.2. The molecule has 1 aliphatic rings. The lowest BCUT2D eigenvalue weighted by Crippen LogP contribution is -2.02. The Balaban J connectivity index is 1.77. The van der Waals surface area contributed by atoms with Crippen LogP contribution in [0, 0.1) is 12.8 Å². The number of nitrogens with zero attached hydrogens (tertiary/aromatic N) is 1. The van der Waals surface area contributed by atoms with Crippen LogP contribution < -0.4 is 0 Å². The van der Waals surface area contributed by atoms with Crippen molar-refractivity contribution in [2.75, 3.05) is 0 Å². The summed E-state index contributed by atoms with van der Waals surface area (Å²) in [5.41, 5.74) is 4.15. The van der Waals surface area contributed by atoms with Gasteiger partial charge in [-0.3, -0.25) is 9.78 Å². The summed E-state index contributed by atoms with van der Waals surface area (Å²) in [5, 5.41) is 1.15. The molecule has 21 heavy (non-hydrogen) atoms. The van der Waals surface area contributed by atoms with Crippen LogP contribution in [-0.2, 0) is 11.2 Å². The summed E-state index contributed by atoms with van der Waals surface area (Å²) in [6, 6.07) is 8.55. The van der Waals surface area contributed by atoms with E-state index in [1.807, 2.05) is 6.92 Å². The third kappa shape index (κ3) is 2.93. The number of hydrogen-bond donors (Lipinski definition) is 0. The van der Waals surface area contributed by atoms with E-state index in [1.54, 1.807) is 0 Å². The third-order valence-electron chi connectivity index (χ3n) is 4.36. The predicted octanol–water partition coefficient (Wildman–Crippen LogP) is 4.77. The molecule has 2 nitrogen and oxygen atoms in total. The fraction of sp³-hybridized carbons (Fsp3) is 0.333. The molecular weight excluding hydrogens is 326 g/mol. The average molecular weight is 344 g/mol. The molecule has 0 saturated heterocycles. The fourth-order valence-corrected chi connectivity index (χ4v) is 3.30. The maximum atomic E-state index is 11.5. The van der Waals surface area contributed by atoms with Gasteiger partial charge in [-0.2, -0.15) is 0 Å². The molecule has 0 radical (unpaired) electrons. The number of fused-ring (bicyclic) bond motifs is 1. The maximum absolute atomic E-state index is 11.5. The molecule has 1 aromatic heterocycles. The van der Waals surface area contributed by atoms with E-state index in [0.717, 1.165) is 45.9 Å². The lowest BCUT2D eigenvalue weighted by Gasteiger charge is -2.10. The van der Waals surface area contributed by atoms with Crippen LogP contribution in [0.25, 0.3) is 10.9 Å². The molecule has 3 heteroatoms. The average Bonchev–Trinajstić information content (AvgIpc) is 2.78. The summed E-state index contributed by atoms with van der Waals surface area (Å²) in [6.45, 7) is 5.94. The van der Waals surface area contributed by atoms with Gasteiger partial charge in [-0.25, -0.2) is 0 Å². The highest BCUT2D eigenvalue weighted by molar-refractivity contribution is 9.10. The van der Waals surface area contributed by atoms with E-state index in [0.29, 0.717) is 12.3 Å². The van der Waals surface area contributed by atoms with Gasteiger partial charge in [0.05, 0.1) is 11.2 Å². The molecule has 2 aromatic rings. The monoisotopic (exact) mass is 343 g/mol. The SMILES string of the molecule is C=C1C(=O)CCC1CCc1ccc2cc(Br)c(C)nc2c1. The molecule has 1 atom stereocenters. The number of allylic oxidation sites excluding steroid dienone is 1. The minimum atomic E-state index is 0.251. The Morgan fingerprint density at radius 2 is 2.19 bits per heavy atom. The van der Waals surface area contributed by atoms with Crippen molar-refractivity contribution in [3.05, 3.63) is 52.1 Å². The highest BCUT2D eigenvalue weighted by atomic mass is 79.9. The van der Waals surface area contributed by atoms with Crippen LogP contribution in [0.3, 0.4) is 0 Å². The lowest BCUT2D eigenvalue weighted by molar-refractivity contribution is -0.114. The van der Waals surface area contributed by atoms with Gasteiger partial charge in [0.15, 0.2) is 5.78 Å². The number of carbonyl (C=O) groups excluding carboxylic acids is 1. The summed E-state index contributed by atoms with van der Waals surface area (Å²) in [7, 11) is 0. The summed E-state index contributed by atoms with van der Waals surface area (Å²) in [6.07, 6.45) is 3.63. The van der Waals surface area contributed by atoms with Crippen molar-refractivity contribution < 1.29 is 4.79 Å². The van der Waals surface area contributed by atoms with Crippen molar-refractivity contribution in [3.8, 4) is 0 Å². The second kappa shape index (κ2) is 5.72. The molecular formula is C18H18BrNO. The Bertz CT molecular complexity index is 735. The zero-order valence-electron chi connectivity index (χ0n) is 12.2. The molecule has 3 rings (SSSR count). The number of pyridine rings is 1. The van der Waals surface area contributed by atoms with Crippen LogP contribution in [0.15, 0.2) is 40.9 Å². The number of aryl methyl sites for hydroxylation is 2. The van der Waals surface area contributed by atoms with Gasteiger partial charge in [0, 0.05) is 16.3 Å². The smallest absolute Gasteiger partial charge is 0.158 e. The molecule has 0 spiro atoms. The van der Waals surface area contributed by atoms with Gasteiger partial charge >= 0.3 is 0 Å². The number of Topliss-reactive ketones (excluding diaryl/α,β-unsaturated/α-hetero) is 1. The predicted molar refractivity (Wildman–Crippen MR) is 89.4 cm³/mol. The van der Waals surface area contributed by atoms with Gasteiger partial charge in [-0.05, 0) is 71.3 Å². The van der Waals surface area contributed by atoms with Gasteiger partial charge in [-0.1, -0.05) is 18.7 Å². The maximum Gasteiger partial charge on any atom is 0.158 e. The first-order valence-corrected chi connectivity index (χ1v) is 8.11. The van der Waals surface area contributed by atoms with Crippen LogP contribution >= 0.6 is 15.9 Å². The molecule has 0 bridgehead atoms. The Morgan fingerprint density at radius 1 is 1.38 bits per heavy atom. The highest BCUT2D eigenvalue weighted by Gasteiger charge is 2.26. The number of ketones is 1. The minimum Gasteiger partial charge on any atom is -0.295 e. The topological polar surface area (TPSA) is 30.0 Å². The molecule has 108 valence electrons. The van der Waals surface area contributed by atoms with E-state index < -0.39 is 0 Å². The molecule has 1 heterocycles. The number of benzene rings is 1. The largest absolute Gasteiger partial charge is 0.295 e. The normalized spacial score (nSPS) is 18.7. The molecule has 1 unspecified atom stereocenters. The zero-order chi connectivity index (χ0) is 15.0. The van der Waals surface area contributed by atoms with E-state index in [-0.39, 0.29) is 5.78 Å². The molecule has 0 N–H and O–H groups in total. The van der Waals surface area contributed by atoms with Gasteiger partial charge in [-0.15, -0.1) is 0 Å². The van der Waals surface area contributed by atoms with Crippen molar-refractivity contribution in [2.45, 2.75) is 32.6 Å². The van der Waals surface area contributed by atoms with E-state index in [9.17, 15) is 4.79 Å². The first-order valence-electron chi connectivity index (χ1n) is 7.32. The van der Waals surface area contributed by atoms with Crippen molar-refractivity contribution in [1.82, 2.24) is 4.98 Å². The fourth-order valence-electron chi connectivity index (χ4n) is 2.97. The Morgan fingerprint density at radius 3 is 2.90 bits per heavy atom.